The zero-order valence-electron chi connectivity index (χ0n) is 18.1. The molecule has 3 aromatic rings. The van der Waals surface area contributed by atoms with E-state index in [1.165, 1.54) is 26.4 Å². The van der Waals surface area contributed by atoms with E-state index in [-0.39, 0.29) is 23.6 Å². The van der Waals surface area contributed by atoms with E-state index in [0.29, 0.717) is 16.7 Å². The van der Waals surface area contributed by atoms with Crippen molar-refractivity contribution in [1.82, 2.24) is 10.3 Å². The van der Waals surface area contributed by atoms with Crippen LogP contribution in [0.5, 0.6) is 5.75 Å². The fourth-order valence-corrected chi connectivity index (χ4v) is 3.39. The Morgan fingerprint density at radius 2 is 1.91 bits per heavy atom. The Kier molecular flexibility index (Phi) is 7.69. The number of hydrogen-bond acceptors (Lipinski definition) is 8. The number of hydrogen-bond donors (Lipinski definition) is 2. The predicted molar refractivity (Wildman–Crippen MR) is 121 cm³/mol. The Morgan fingerprint density at radius 3 is 2.59 bits per heavy atom. The number of nitrogens with one attached hydrogen (secondary N) is 2. The number of nitro benzene ring substituents is 1. The molecule has 1 aromatic heterocycles. The van der Waals surface area contributed by atoms with E-state index in [2.05, 4.69) is 15.0 Å². The summed E-state index contributed by atoms with van der Waals surface area (Å²) in [5, 5.41) is 14.2. The van der Waals surface area contributed by atoms with Crippen molar-refractivity contribution in [2.75, 3.05) is 20.8 Å². The lowest BCUT2D eigenvalue weighted by Gasteiger charge is -2.16. The van der Waals surface area contributed by atoms with Crippen molar-refractivity contribution in [2.24, 2.45) is 0 Å². The molecule has 2 N–H and O–H groups in total. The number of amides is 1. The molecular weight excluding hydrogens is 470 g/mol. The van der Waals surface area contributed by atoms with Crippen molar-refractivity contribution in [1.29, 1.82) is 0 Å². The van der Waals surface area contributed by atoms with Gasteiger partial charge in [0.1, 0.15) is 16.8 Å². The van der Waals surface area contributed by atoms with Gasteiger partial charge in [-0.15, -0.1) is 0 Å². The van der Waals surface area contributed by atoms with Crippen molar-refractivity contribution >= 4 is 46.0 Å². The summed E-state index contributed by atoms with van der Waals surface area (Å²) in [6.07, 6.45) is 1.72. The SMILES string of the molecule is COC(=O)COc1ccc2[nH]cc(CC(NC(=O)c3ccc(Cl)c([N+](=O)[O-])c3)C(=O)OC)c2c1. The molecule has 1 heterocycles. The van der Waals surface area contributed by atoms with E-state index >= 15 is 0 Å². The zero-order chi connectivity index (χ0) is 24.8. The number of rotatable bonds is 9. The van der Waals surface area contributed by atoms with E-state index in [0.717, 1.165) is 11.6 Å². The van der Waals surface area contributed by atoms with Gasteiger partial charge in [-0.3, -0.25) is 14.9 Å². The third-order valence-corrected chi connectivity index (χ3v) is 5.26. The van der Waals surface area contributed by atoms with Crippen LogP contribution in [0.2, 0.25) is 5.02 Å². The van der Waals surface area contributed by atoms with Gasteiger partial charge in [0, 0.05) is 35.2 Å². The van der Waals surface area contributed by atoms with Crippen LogP contribution < -0.4 is 10.1 Å². The summed E-state index contributed by atoms with van der Waals surface area (Å²) in [5.41, 5.74) is 0.933. The molecule has 1 atom stereocenters. The van der Waals surface area contributed by atoms with Crippen LogP contribution in [0.3, 0.4) is 0 Å². The van der Waals surface area contributed by atoms with Crippen LogP contribution in [0, 0.1) is 10.1 Å². The summed E-state index contributed by atoms with van der Waals surface area (Å²) in [6, 6.07) is 7.58. The number of halogens is 1. The van der Waals surface area contributed by atoms with Gasteiger partial charge >= 0.3 is 11.9 Å². The van der Waals surface area contributed by atoms with Crippen LogP contribution in [0.15, 0.2) is 42.6 Å². The first-order valence-corrected chi connectivity index (χ1v) is 10.2. The van der Waals surface area contributed by atoms with E-state index in [1.54, 1.807) is 24.4 Å². The van der Waals surface area contributed by atoms with Crippen molar-refractivity contribution in [2.45, 2.75) is 12.5 Å². The first kappa shape index (κ1) is 24.5. The molecule has 1 unspecified atom stereocenters. The molecule has 12 heteroatoms. The van der Waals surface area contributed by atoms with Crippen LogP contribution >= 0.6 is 11.6 Å². The Balaban J connectivity index is 1.83. The number of nitrogens with zero attached hydrogens (tertiary/aromatic N) is 1. The largest absolute Gasteiger partial charge is 0.482 e. The number of fused-ring (bicyclic) bond motifs is 1. The lowest BCUT2D eigenvalue weighted by molar-refractivity contribution is -0.384. The molecule has 0 spiro atoms. The molecule has 3 rings (SSSR count). The van der Waals surface area contributed by atoms with E-state index in [4.69, 9.17) is 21.1 Å². The lowest BCUT2D eigenvalue weighted by Crippen LogP contribution is -2.43. The molecule has 0 aliphatic rings. The molecule has 11 nitrogen and oxygen atoms in total. The van der Waals surface area contributed by atoms with Gasteiger partial charge in [0.15, 0.2) is 6.61 Å². The van der Waals surface area contributed by atoms with E-state index < -0.39 is 34.5 Å². The molecule has 34 heavy (non-hydrogen) atoms. The van der Waals surface area contributed by atoms with Gasteiger partial charge in [-0.2, -0.15) is 0 Å². The second-order valence-corrected chi connectivity index (χ2v) is 7.47. The van der Waals surface area contributed by atoms with Crippen LogP contribution in [0.25, 0.3) is 10.9 Å². The van der Waals surface area contributed by atoms with Gasteiger partial charge in [0.2, 0.25) is 0 Å². The average Bonchev–Trinajstić information content (AvgIpc) is 3.23. The quantitative estimate of drug-likeness (QED) is 0.264. The first-order chi connectivity index (χ1) is 16.2. The Morgan fingerprint density at radius 1 is 1.15 bits per heavy atom. The van der Waals surface area contributed by atoms with Crippen LogP contribution in [-0.2, 0) is 25.5 Å². The average molecular weight is 490 g/mol. The summed E-state index contributed by atoms with van der Waals surface area (Å²) in [4.78, 5) is 49.9. The third-order valence-electron chi connectivity index (χ3n) is 4.94. The summed E-state index contributed by atoms with van der Waals surface area (Å²) < 4.78 is 14.8. The summed E-state index contributed by atoms with van der Waals surface area (Å²) in [6.45, 7) is -0.268. The van der Waals surface area contributed by atoms with Gasteiger partial charge in [-0.25, -0.2) is 9.59 Å². The smallest absolute Gasteiger partial charge is 0.343 e. The van der Waals surface area contributed by atoms with Gasteiger partial charge in [0.05, 0.1) is 19.1 Å². The number of nitro groups is 1. The van der Waals surface area contributed by atoms with Crippen molar-refractivity contribution < 1.29 is 33.5 Å². The second kappa shape index (κ2) is 10.7. The molecule has 0 saturated carbocycles. The van der Waals surface area contributed by atoms with Crippen molar-refractivity contribution in [3.63, 3.8) is 0 Å². The first-order valence-electron chi connectivity index (χ1n) is 9.85. The predicted octanol–water partition coefficient (Wildman–Crippen LogP) is 2.80. The van der Waals surface area contributed by atoms with Crippen LogP contribution in [0.1, 0.15) is 15.9 Å². The molecule has 0 fully saturated rings. The highest BCUT2D eigenvalue weighted by atomic mass is 35.5. The maximum atomic E-state index is 12.7. The second-order valence-electron chi connectivity index (χ2n) is 7.06. The highest BCUT2D eigenvalue weighted by Gasteiger charge is 2.25. The molecule has 0 aliphatic carbocycles. The number of H-pyrrole nitrogens is 1. The zero-order valence-corrected chi connectivity index (χ0v) is 18.9. The molecule has 1 amide bonds. The molecule has 2 aromatic carbocycles. The van der Waals surface area contributed by atoms with Crippen molar-refractivity contribution in [3.05, 3.63) is 68.9 Å². The standard InChI is InChI=1S/C22H20ClN3O8/c1-32-20(27)11-34-14-4-6-17-15(9-14)13(10-24-17)7-18(22(29)33-2)25-21(28)12-3-5-16(23)19(8-12)26(30)31/h3-6,8-10,18,24H,7,11H2,1-2H3,(H,25,28). The monoisotopic (exact) mass is 489 g/mol. The highest BCUT2D eigenvalue weighted by molar-refractivity contribution is 6.32. The maximum absolute atomic E-state index is 12.7. The molecule has 0 aliphatic heterocycles. The summed E-state index contributed by atoms with van der Waals surface area (Å²) >= 11 is 5.80. The maximum Gasteiger partial charge on any atom is 0.343 e. The minimum atomic E-state index is -1.09. The normalized spacial score (nSPS) is 11.5. The number of ether oxygens (including phenoxy) is 3. The molecule has 178 valence electrons. The summed E-state index contributed by atoms with van der Waals surface area (Å²) in [5.74, 6) is -1.54. The number of esters is 2. The topological polar surface area (TPSA) is 150 Å². The highest BCUT2D eigenvalue weighted by Crippen LogP contribution is 2.26. The van der Waals surface area contributed by atoms with Gasteiger partial charge in [-0.1, -0.05) is 11.6 Å². The fourth-order valence-electron chi connectivity index (χ4n) is 3.21. The van der Waals surface area contributed by atoms with E-state index in [1.807, 2.05) is 0 Å². The number of aromatic nitrogens is 1. The Hall–Kier alpha value is -4.12. The number of aromatic amines is 1. The number of benzene rings is 2. The van der Waals surface area contributed by atoms with Crippen molar-refractivity contribution in [3.8, 4) is 5.75 Å². The van der Waals surface area contributed by atoms with Gasteiger partial charge in [-0.05, 0) is 35.9 Å². The molecule has 0 saturated heterocycles. The molecule has 0 radical (unpaired) electrons. The molecule has 0 bridgehead atoms. The minimum absolute atomic E-state index is 0.0394. The Labute approximate surface area is 198 Å². The number of carbonyl (C=O) groups is 3. The van der Waals surface area contributed by atoms with Gasteiger partial charge < -0.3 is 24.5 Å². The van der Waals surface area contributed by atoms with Crippen LogP contribution in [0.4, 0.5) is 5.69 Å². The van der Waals surface area contributed by atoms with Crippen LogP contribution in [-0.4, -0.2) is 54.6 Å². The van der Waals surface area contributed by atoms with Gasteiger partial charge in [0.25, 0.3) is 11.6 Å². The number of methoxy groups -OCH3 is 2. The summed E-state index contributed by atoms with van der Waals surface area (Å²) in [7, 11) is 2.44. The number of carbonyl (C=O) groups excluding carboxylic acids is 3. The Bertz CT molecular complexity index is 1260. The lowest BCUT2D eigenvalue weighted by atomic mass is 10.0. The third kappa shape index (κ3) is 5.62. The van der Waals surface area contributed by atoms with E-state index in [9.17, 15) is 24.5 Å². The fraction of sp³-hybridized carbons (Fsp3) is 0.227. The molecular formula is C22H20ClN3O8. The minimum Gasteiger partial charge on any atom is -0.482 e.